The molecule has 0 bridgehead atoms. The second-order valence-corrected chi connectivity index (χ2v) is 5.95. The zero-order valence-electron chi connectivity index (χ0n) is 14.2. The summed E-state index contributed by atoms with van der Waals surface area (Å²) in [4.78, 5) is 40.2. The second kappa shape index (κ2) is 7.65. The first-order valence-corrected chi connectivity index (χ1v) is 8.11. The molecule has 2 aromatic heterocycles. The van der Waals surface area contributed by atoms with Gasteiger partial charge in [-0.1, -0.05) is 30.3 Å². The molecular formula is C20H18N2O4. The van der Waals surface area contributed by atoms with Gasteiger partial charge in [-0.25, -0.2) is 4.79 Å². The number of pyridine rings is 2. The van der Waals surface area contributed by atoms with Crippen molar-refractivity contribution >= 4 is 5.97 Å². The Balaban J connectivity index is 1.77. The minimum atomic E-state index is -0.576. The summed E-state index contributed by atoms with van der Waals surface area (Å²) in [6.45, 7) is 0. The average molecular weight is 350 g/mol. The number of aromatic amines is 2. The molecule has 2 N–H and O–H groups in total. The third kappa shape index (κ3) is 4.16. The lowest BCUT2D eigenvalue weighted by atomic mass is 10.0. The van der Waals surface area contributed by atoms with Gasteiger partial charge in [0, 0.05) is 24.2 Å². The summed E-state index contributed by atoms with van der Waals surface area (Å²) in [5.74, 6) is -0.576. The molecule has 0 aliphatic rings. The maximum absolute atomic E-state index is 11.7. The van der Waals surface area contributed by atoms with Crippen LogP contribution in [0.3, 0.4) is 0 Å². The van der Waals surface area contributed by atoms with Crippen LogP contribution in [0.5, 0.6) is 0 Å². The van der Waals surface area contributed by atoms with Gasteiger partial charge in [-0.05, 0) is 35.2 Å². The van der Waals surface area contributed by atoms with E-state index in [1.54, 1.807) is 24.4 Å². The van der Waals surface area contributed by atoms with Crippen LogP contribution in [-0.2, 0) is 17.6 Å². The highest BCUT2D eigenvalue weighted by Crippen LogP contribution is 2.12. The fraction of sp³-hybridized carbons (Fsp3) is 0.150. The number of esters is 1. The van der Waals surface area contributed by atoms with Gasteiger partial charge in [0.05, 0.1) is 7.11 Å². The Kier molecular flexibility index (Phi) is 5.12. The number of ether oxygens (including phenoxy) is 1. The smallest absolute Gasteiger partial charge is 0.354 e. The summed E-state index contributed by atoms with van der Waals surface area (Å²) in [5, 5.41) is 0. The van der Waals surface area contributed by atoms with Crippen molar-refractivity contribution in [2.75, 3.05) is 7.11 Å². The zero-order chi connectivity index (χ0) is 18.5. The molecule has 0 aliphatic carbocycles. The number of carbonyl (C=O) groups excluding carboxylic acids is 1. The molecule has 0 saturated heterocycles. The molecule has 26 heavy (non-hydrogen) atoms. The highest BCUT2D eigenvalue weighted by molar-refractivity contribution is 5.87. The number of carbonyl (C=O) groups is 1. The van der Waals surface area contributed by atoms with Gasteiger partial charge in [-0.2, -0.15) is 0 Å². The van der Waals surface area contributed by atoms with Gasteiger partial charge >= 0.3 is 5.97 Å². The molecule has 0 unspecified atom stereocenters. The first-order valence-electron chi connectivity index (χ1n) is 8.11. The van der Waals surface area contributed by atoms with Gasteiger partial charge in [0.25, 0.3) is 5.56 Å². The minimum Gasteiger partial charge on any atom is -0.464 e. The summed E-state index contributed by atoms with van der Waals surface area (Å²) in [6, 6.07) is 14.5. The van der Waals surface area contributed by atoms with E-state index in [4.69, 9.17) is 0 Å². The maximum atomic E-state index is 11.7. The minimum absolute atomic E-state index is 0.0876. The molecule has 0 radical (unpaired) electrons. The zero-order valence-corrected chi connectivity index (χ0v) is 14.2. The molecular weight excluding hydrogens is 332 g/mol. The molecule has 0 aliphatic heterocycles. The first-order chi connectivity index (χ1) is 12.5. The van der Waals surface area contributed by atoms with Crippen LogP contribution in [0.15, 0.2) is 64.3 Å². The van der Waals surface area contributed by atoms with Gasteiger partial charge in [0.15, 0.2) is 0 Å². The van der Waals surface area contributed by atoms with Gasteiger partial charge in [0.1, 0.15) is 5.69 Å². The van der Waals surface area contributed by atoms with Crippen molar-refractivity contribution in [2.24, 2.45) is 0 Å². The van der Waals surface area contributed by atoms with E-state index in [-0.39, 0.29) is 16.8 Å². The van der Waals surface area contributed by atoms with E-state index in [9.17, 15) is 14.4 Å². The monoisotopic (exact) mass is 350 g/mol. The van der Waals surface area contributed by atoms with Crippen molar-refractivity contribution in [3.8, 4) is 0 Å². The first kappa shape index (κ1) is 17.4. The van der Waals surface area contributed by atoms with E-state index in [0.717, 1.165) is 16.7 Å². The number of hydrogen-bond donors (Lipinski definition) is 2. The van der Waals surface area contributed by atoms with Crippen molar-refractivity contribution < 1.29 is 9.53 Å². The molecule has 0 spiro atoms. The summed E-state index contributed by atoms with van der Waals surface area (Å²) in [5.41, 5.74) is 3.15. The number of aromatic nitrogens is 2. The number of nitrogens with one attached hydrogen (secondary N) is 2. The van der Waals surface area contributed by atoms with Crippen LogP contribution >= 0.6 is 0 Å². The van der Waals surface area contributed by atoms with E-state index in [0.29, 0.717) is 18.4 Å². The SMILES string of the molecule is COC(=O)c1cc(Cc2ccc(Cc3ccc[nH]c3=O)cc2)cc(=O)[nH]1. The lowest BCUT2D eigenvalue weighted by molar-refractivity contribution is 0.0593. The Hall–Kier alpha value is -3.41. The summed E-state index contributed by atoms with van der Waals surface area (Å²) in [6.07, 6.45) is 2.67. The van der Waals surface area contributed by atoms with E-state index in [1.165, 1.54) is 13.2 Å². The number of methoxy groups -OCH3 is 1. The Morgan fingerprint density at radius 1 is 0.962 bits per heavy atom. The van der Waals surface area contributed by atoms with Crippen LogP contribution in [-0.4, -0.2) is 23.0 Å². The highest BCUT2D eigenvalue weighted by Gasteiger charge is 2.09. The Labute approximate surface area is 149 Å². The summed E-state index contributed by atoms with van der Waals surface area (Å²) < 4.78 is 4.64. The van der Waals surface area contributed by atoms with Gasteiger partial charge in [-0.3, -0.25) is 9.59 Å². The number of rotatable bonds is 5. The van der Waals surface area contributed by atoms with Crippen LogP contribution in [0.2, 0.25) is 0 Å². The van der Waals surface area contributed by atoms with Crippen molar-refractivity contribution in [2.45, 2.75) is 12.8 Å². The standard InChI is InChI=1S/C20H18N2O4/c1-26-20(25)17-11-15(12-18(23)22-17)9-13-4-6-14(7-5-13)10-16-3-2-8-21-19(16)24/h2-8,11-12H,9-10H2,1H3,(H,21,24)(H,22,23). The van der Waals surface area contributed by atoms with Gasteiger partial charge in [0.2, 0.25) is 5.56 Å². The van der Waals surface area contributed by atoms with Crippen LogP contribution < -0.4 is 11.1 Å². The van der Waals surface area contributed by atoms with Crippen molar-refractivity contribution in [1.82, 2.24) is 9.97 Å². The third-order valence-electron chi connectivity index (χ3n) is 4.03. The largest absolute Gasteiger partial charge is 0.464 e. The van der Waals surface area contributed by atoms with Crippen LogP contribution in [0.4, 0.5) is 0 Å². The predicted molar refractivity (Wildman–Crippen MR) is 97.5 cm³/mol. The molecule has 2 heterocycles. The van der Waals surface area contributed by atoms with Crippen molar-refractivity contribution in [3.05, 3.63) is 103 Å². The Morgan fingerprint density at radius 3 is 2.31 bits per heavy atom. The molecule has 6 heteroatoms. The van der Waals surface area contributed by atoms with E-state index in [2.05, 4.69) is 14.7 Å². The van der Waals surface area contributed by atoms with E-state index >= 15 is 0 Å². The Morgan fingerprint density at radius 2 is 1.65 bits per heavy atom. The lowest BCUT2D eigenvalue weighted by Crippen LogP contribution is -2.14. The third-order valence-corrected chi connectivity index (χ3v) is 4.03. The average Bonchev–Trinajstić information content (AvgIpc) is 2.64. The molecule has 0 fully saturated rings. The fourth-order valence-corrected chi connectivity index (χ4v) is 2.75. The molecule has 3 rings (SSSR count). The predicted octanol–water partition coefficient (Wildman–Crippen LogP) is 2.03. The molecule has 132 valence electrons. The molecule has 0 atom stereocenters. The van der Waals surface area contributed by atoms with Crippen LogP contribution in [0, 0.1) is 0 Å². The molecule has 6 nitrogen and oxygen atoms in total. The van der Waals surface area contributed by atoms with Gasteiger partial charge < -0.3 is 14.7 Å². The van der Waals surface area contributed by atoms with E-state index < -0.39 is 5.97 Å². The van der Waals surface area contributed by atoms with Crippen LogP contribution in [0.25, 0.3) is 0 Å². The van der Waals surface area contributed by atoms with Crippen molar-refractivity contribution in [1.29, 1.82) is 0 Å². The fourth-order valence-electron chi connectivity index (χ4n) is 2.75. The number of benzene rings is 1. The summed E-state index contributed by atoms with van der Waals surface area (Å²) in [7, 11) is 1.27. The number of H-pyrrole nitrogens is 2. The normalized spacial score (nSPS) is 10.5. The quantitative estimate of drug-likeness (QED) is 0.689. The van der Waals surface area contributed by atoms with Crippen molar-refractivity contribution in [3.63, 3.8) is 0 Å². The number of hydrogen-bond acceptors (Lipinski definition) is 4. The molecule has 0 amide bonds. The molecule has 1 aromatic carbocycles. The lowest BCUT2D eigenvalue weighted by Gasteiger charge is -2.06. The molecule has 3 aromatic rings. The van der Waals surface area contributed by atoms with Gasteiger partial charge in [-0.15, -0.1) is 0 Å². The Bertz CT molecular complexity index is 1030. The van der Waals surface area contributed by atoms with Crippen LogP contribution in [0.1, 0.15) is 32.7 Å². The second-order valence-electron chi connectivity index (χ2n) is 5.95. The topological polar surface area (TPSA) is 92.0 Å². The molecule has 0 saturated carbocycles. The maximum Gasteiger partial charge on any atom is 0.354 e. The summed E-state index contributed by atoms with van der Waals surface area (Å²) >= 11 is 0. The van der Waals surface area contributed by atoms with E-state index in [1.807, 2.05) is 24.3 Å². The highest BCUT2D eigenvalue weighted by atomic mass is 16.5.